The van der Waals surface area contributed by atoms with E-state index in [0.29, 0.717) is 22.2 Å². The number of amides is 1. The SMILES string of the molecule is Cc1cccc(C2C(C(=O)c3cc4cc(Br)ccc4o3)=C(O)C(=O)N2c2nc3ccc(C(C)C)cc3s2)c1. The van der Waals surface area contributed by atoms with E-state index in [9.17, 15) is 14.7 Å². The molecular weight excluding hydrogens is 564 g/mol. The first-order valence-electron chi connectivity index (χ1n) is 12.2. The zero-order chi connectivity index (χ0) is 26.7. The summed E-state index contributed by atoms with van der Waals surface area (Å²) in [6, 6.07) is 19.8. The highest BCUT2D eigenvalue weighted by molar-refractivity contribution is 9.10. The molecule has 6 rings (SSSR count). The van der Waals surface area contributed by atoms with Gasteiger partial charge < -0.3 is 9.52 Å². The van der Waals surface area contributed by atoms with E-state index in [1.165, 1.54) is 21.8 Å². The smallest absolute Gasteiger partial charge is 0.296 e. The molecule has 190 valence electrons. The fourth-order valence-corrected chi connectivity index (χ4v) is 6.26. The summed E-state index contributed by atoms with van der Waals surface area (Å²) in [5, 5.41) is 12.3. The monoisotopic (exact) mass is 586 g/mol. The molecule has 1 atom stereocenters. The largest absolute Gasteiger partial charge is 0.503 e. The Morgan fingerprint density at radius 2 is 1.92 bits per heavy atom. The number of hydrogen-bond acceptors (Lipinski definition) is 6. The van der Waals surface area contributed by atoms with Gasteiger partial charge in [0.25, 0.3) is 5.91 Å². The summed E-state index contributed by atoms with van der Waals surface area (Å²) in [7, 11) is 0. The zero-order valence-electron chi connectivity index (χ0n) is 20.9. The number of nitrogens with zero attached hydrogens (tertiary/aromatic N) is 2. The van der Waals surface area contributed by atoms with Crippen LogP contribution >= 0.6 is 27.3 Å². The maximum atomic E-state index is 13.9. The molecule has 1 N–H and O–H groups in total. The van der Waals surface area contributed by atoms with Crippen molar-refractivity contribution in [2.75, 3.05) is 4.90 Å². The minimum atomic E-state index is -0.861. The molecule has 3 heterocycles. The van der Waals surface area contributed by atoms with Crippen molar-refractivity contribution in [3.63, 3.8) is 0 Å². The van der Waals surface area contributed by atoms with Crippen molar-refractivity contribution in [2.24, 2.45) is 0 Å². The lowest BCUT2D eigenvalue weighted by atomic mass is 9.94. The Morgan fingerprint density at radius 3 is 2.68 bits per heavy atom. The molecule has 0 radical (unpaired) electrons. The van der Waals surface area contributed by atoms with E-state index in [1.54, 1.807) is 12.1 Å². The van der Waals surface area contributed by atoms with Crippen LogP contribution in [0.15, 0.2) is 87.0 Å². The van der Waals surface area contributed by atoms with Crippen LogP contribution in [0.25, 0.3) is 21.2 Å². The number of aliphatic hydroxyl groups is 1. The Labute approximate surface area is 231 Å². The number of carbonyl (C=O) groups is 2. The first kappa shape index (κ1) is 24.6. The van der Waals surface area contributed by atoms with Crippen LogP contribution in [0.1, 0.15) is 53.1 Å². The number of ketones is 1. The minimum Gasteiger partial charge on any atom is -0.503 e. The van der Waals surface area contributed by atoms with E-state index in [4.69, 9.17) is 9.40 Å². The maximum Gasteiger partial charge on any atom is 0.296 e. The van der Waals surface area contributed by atoms with E-state index in [-0.39, 0.29) is 11.3 Å². The first-order valence-corrected chi connectivity index (χ1v) is 13.8. The summed E-state index contributed by atoms with van der Waals surface area (Å²) in [5.41, 5.74) is 4.11. The number of aliphatic hydroxyl groups excluding tert-OH is 1. The maximum absolute atomic E-state index is 13.9. The molecule has 0 spiro atoms. The fourth-order valence-electron chi connectivity index (χ4n) is 4.84. The van der Waals surface area contributed by atoms with Crippen LogP contribution < -0.4 is 4.90 Å². The molecular formula is C30H23BrN2O4S. The molecule has 0 saturated heterocycles. The van der Waals surface area contributed by atoms with Crippen LogP contribution in [0, 0.1) is 6.92 Å². The van der Waals surface area contributed by atoms with E-state index in [2.05, 4.69) is 35.8 Å². The second-order valence-corrected chi connectivity index (χ2v) is 11.7. The summed E-state index contributed by atoms with van der Waals surface area (Å²) in [5.74, 6) is -1.40. The topological polar surface area (TPSA) is 83.6 Å². The van der Waals surface area contributed by atoms with Crippen molar-refractivity contribution >= 4 is 65.3 Å². The lowest BCUT2D eigenvalue weighted by Gasteiger charge is -2.24. The normalized spacial score (nSPS) is 16.0. The number of anilines is 1. The van der Waals surface area contributed by atoms with Gasteiger partial charge in [-0.2, -0.15) is 0 Å². The molecule has 1 unspecified atom stereocenters. The van der Waals surface area contributed by atoms with E-state index >= 15 is 0 Å². The number of carbonyl (C=O) groups excluding carboxylic acids is 2. The number of furan rings is 1. The predicted molar refractivity (Wildman–Crippen MR) is 153 cm³/mol. The predicted octanol–water partition coefficient (Wildman–Crippen LogP) is 8.02. The van der Waals surface area contributed by atoms with Gasteiger partial charge in [-0.25, -0.2) is 4.98 Å². The number of fused-ring (bicyclic) bond motifs is 2. The van der Waals surface area contributed by atoms with Crippen molar-refractivity contribution in [3.05, 3.63) is 105 Å². The number of Topliss-reactive ketones (excluding diaryl/α,β-unsaturated/α-hetero) is 1. The van der Waals surface area contributed by atoms with Gasteiger partial charge in [0, 0.05) is 9.86 Å². The van der Waals surface area contributed by atoms with Crippen molar-refractivity contribution in [1.29, 1.82) is 0 Å². The molecule has 1 aliphatic rings. The Balaban J connectivity index is 1.50. The first-order chi connectivity index (χ1) is 18.2. The summed E-state index contributed by atoms with van der Waals surface area (Å²) in [4.78, 5) is 33.6. The number of thiazole rings is 1. The van der Waals surface area contributed by atoms with Crippen molar-refractivity contribution in [2.45, 2.75) is 32.7 Å². The summed E-state index contributed by atoms with van der Waals surface area (Å²) in [6.45, 7) is 6.19. The number of rotatable bonds is 5. The molecule has 8 heteroatoms. The lowest BCUT2D eigenvalue weighted by molar-refractivity contribution is -0.117. The number of benzene rings is 3. The highest BCUT2D eigenvalue weighted by Crippen LogP contribution is 2.45. The van der Waals surface area contributed by atoms with Gasteiger partial charge in [0.05, 0.1) is 21.8 Å². The molecule has 0 fully saturated rings. The molecule has 1 amide bonds. The highest BCUT2D eigenvalue weighted by atomic mass is 79.9. The van der Waals surface area contributed by atoms with E-state index < -0.39 is 23.5 Å². The van der Waals surface area contributed by atoms with Crippen molar-refractivity contribution in [3.8, 4) is 0 Å². The van der Waals surface area contributed by atoms with Crippen LogP contribution in [0.4, 0.5) is 5.13 Å². The minimum absolute atomic E-state index is 0.0270. The van der Waals surface area contributed by atoms with Gasteiger partial charge in [-0.15, -0.1) is 0 Å². The van der Waals surface area contributed by atoms with Gasteiger partial charge in [-0.05, 0) is 60.4 Å². The van der Waals surface area contributed by atoms with Crippen LogP contribution in [-0.4, -0.2) is 21.8 Å². The molecule has 38 heavy (non-hydrogen) atoms. The number of hydrogen-bond donors (Lipinski definition) is 1. The molecule has 0 bridgehead atoms. The van der Waals surface area contributed by atoms with Crippen LogP contribution in [-0.2, 0) is 4.79 Å². The third-order valence-corrected chi connectivity index (χ3v) is 8.30. The van der Waals surface area contributed by atoms with Gasteiger partial charge in [-0.3, -0.25) is 14.5 Å². The number of halogens is 1. The Kier molecular flexibility index (Phi) is 5.96. The average molecular weight is 587 g/mol. The molecule has 3 aromatic carbocycles. The van der Waals surface area contributed by atoms with Crippen LogP contribution in [0.2, 0.25) is 0 Å². The molecule has 5 aromatic rings. The van der Waals surface area contributed by atoms with Gasteiger partial charge in [0.2, 0.25) is 5.78 Å². The Hall–Kier alpha value is -3.75. The highest BCUT2D eigenvalue weighted by Gasteiger charge is 2.46. The second-order valence-electron chi connectivity index (χ2n) is 9.75. The number of aromatic nitrogens is 1. The molecule has 1 aliphatic heterocycles. The second kappa shape index (κ2) is 9.22. The van der Waals surface area contributed by atoms with Gasteiger partial charge in [0.15, 0.2) is 16.7 Å². The fraction of sp³-hybridized carbons (Fsp3) is 0.167. The Bertz CT molecular complexity index is 1800. The number of aryl methyl sites for hydroxylation is 1. The summed E-state index contributed by atoms with van der Waals surface area (Å²) >= 11 is 4.80. The van der Waals surface area contributed by atoms with Crippen molar-refractivity contribution < 1.29 is 19.1 Å². The van der Waals surface area contributed by atoms with Crippen LogP contribution in [0.5, 0.6) is 0 Å². The Morgan fingerprint density at radius 1 is 1.11 bits per heavy atom. The van der Waals surface area contributed by atoms with Gasteiger partial charge in [-0.1, -0.05) is 77.0 Å². The average Bonchev–Trinajstić information content (AvgIpc) is 3.57. The summed E-state index contributed by atoms with van der Waals surface area (Å²) < 4.78 is 7.64. The quantitative estimate of drug-likeness (QED) is 0.211. The summed E-state index contributed by atoms with van der Waals surface area (Å²) in [6.07, 6.45) is 0. The standard InChI is InChI=1S/C30H23BrN2O4S/c1-15(2)17-7-9-21-24(14-17)38-30(32-21)33-26(18-6-4-5-16(3)11-18)25(28(35)29(33)36)27(34)23-13-19-12-20(31)8-10-22(19)37-23/h4-15,26,35H,1-3H3. The molecule has 2 aromatic heterocycles. The lowest BCUT2D eigenvalue weighted by Crippen LogP contribution is -2.31. The third-order valence-electron chi connectivity index (χ3n) is 6.79. The molecule has 0 saturated carbocycles. The molecule has 6 nitrogen and oxygen atoms in total. The van der Waals surface area contributed by atoms with E-state index in [1.807, 2.05) is 55.5 Å². The third kappa shape index (κ3) is 4.04. The zero-order valence-corrected chi connectivity index (χ0v) is 23.3. The van der Waals surface area contributed by atoms with Gasteiger partial charge in [0.1, 0.15) is 5.58 Å². The van der Waals surface area contributed by atoms with E-state index in [0.717, 1.165) is 25.6 Å². The molecule has 0 aliphatic carbocycles. The van der Waals surface area contributed by atoms with Crippen molar-refractivity contribution in [1.82, 2.24) is 4.98 Å². The van der Waals surface area contributed by atoms with Crippen LogP contribution in [0.3, 0.4) is 0 Å². The van der Waals surface area contributed by atoms with Gasteiger partial charge >= 0.3 is 0 Å².